The van der Waals surface area contributed by atoms with Crippen molar-refractivity contribution in [2.75, 3.05) is 13.2 Å². The van der Waals surface area contributed by atoms with Crippen molar-refractivity contribution in [3.8, 4) is 11.8 Å². The fraction of sp³-hybridized carbons (Fsp3) is 0.391. The lowest BCUT2D eigenvalue weighted by molar-refractivity contribution is -0.148. The van der Waals surface area contributed by atoms with Crippen molar-refractivity contribution in [1.82, 2.24) is 9.13 Å². The minimum absolute atomic E-state index is 0.0392. The lowest BCUT2D eigenvalue weighted by atomic mass is 10.2. The van der Waals surface area contributed by atoms with Crippen LogP contribution in [0.2, 0.25) is 0 Å². The number of benzene rings is 1. The molecule has 1 aromatic heterocycles. The van der Waals surface area contributed by atoms with Gasteiger partial charge in [0.1, 0.15) is 31.1 Å². The van der Waals surface area contributed by atoms with Gasteiger partial charge in [0, 0.05) is 25.1 Å². The molecule has 1 saturated heterocycles. The van der Waals surface area contributed by atoms with Gasteiger partial charge in [-0.05, 0) is 19.1 Å². The Morgan fingerprint density at radius 1 is 1.20 bits per heavy atom. The molecular formula is C23H21F3N2O7. The first-order chi connectivity index (χ1) is 16.5. The molecule has 1 aromatic carbocycles. The smallest absolute Gasteiger partial charge is 0.423 e. The van der Waals surface area contributed by atoms with Crippen LogP contribution in [-0.2, 0) is 25.2 Å². The molecule has 12 heteroatoms. The predicted molar refractivity (Wildman–Crippen MR) is 114 cm³/mol. The van der Waals surface area contributed by atoms with E-state index in [1.807, 2.05) is 0 Å². The van der Waals surface area contributed by atoms with Gasteiger partial charge < -0.3 is 14.2 Å². The monoisotopic (exact) mass is 494 g/mol. The molecule has 186 valence electrons. The molecule has 0 spiro atoms. The zero-order chi connectivity index (χ0) is 25.8. The summed E-state index contributed by atoms with van der Waals surface area (Å²) in [6, 6.07) is 6.95. The molecule has 0 bridgehead atoms. The van der Waals surface area contributed by atoms with Gasteiger partial charge in [-0.15, -0.1) is 5.92 Å². The minimum atomic E-state index is -5.16. The lowest BCUT2D eigenvalue weighted by Gasteiger charge is -2.19. The van der Waals surface area contributed by atoms with E-state index in [0.717, 1.165) is 6.92 Å². The second-order valence-corrected chi connectivity index (χ2v) is 7.49. The Balaban J connectivity index is 2.08. The first-order valence-corrected chi connectivity index (χ1v) is 10.4. The summed E-state index contributed by atoms with van der Waals surface area (Å²) in [5.74, 6) is 3.44. The van der Waals surface area contributed by atoms with Crippen LogP contribution in [0.3, 0.4) is 0 Å². The molecule has 2 heterocycles. The molecule has 0 saturated carbocycles. The Hall–Kier alpha value is -3.69. The maximum absolute atomic E-state index is 13.7. The summed E-state index contributed by atoms with van der Waals surface area (Å²) in [4.78, 5) is 49.8. The highest BCUT2D eigenvalue weighted by Crippen LogP contribution is 2.32. The molecule has 0 radical (unpaired) electrons. The van der Waals surface area contributed by atoms with Crippen LogP contribution < -0.4 is 11.2 Å². The summed E-state index contributed by atoms with van der Waals surface area (Å²) in [5, 5.41) is 0. The Morgan fingerprint density at radius 2 is 1.89 bits per heavy atom. The number of alkyl halides is 3. The van der Waals surface area contributed by atoms with Crippen LogP contribution in [0.4, 0.5) is 13.2 Å². The summed E-state index contributed by atoms with van der Waals surface area (Å²) in [6.07, 6.45) is -8.05. The van der Waals surface area contributed by atoms with Crippen molar-refractivity contribution in [1.29, 1.82) is 0 Å². The molecule has 1 fully saturated rings. The highest BCUT2D eigenvalue weighted by molar-refractivity contribution is 5.95. The number of hydrogen-bond donors (Lipinski definition) is 0. The van der Waals surface area contributed by atoms with Crippen LogP contribution in [0.15, 0.2) is 46.1 Å². The SMILES string of the molecule is CC#CCO[C@H]1C[C@H](n2cc(C(F)(F)F)c(=O)n(C(=O)c3ccccc3)c2=O)O[C@@H]1COC(C)=O. The molecule has 1 aliphatic heterocycles. The van der Waals surface area contributed by atoms with Crippen molar-refractivity contribution in [2.24, 2.45) is 0 Å². The Kier molecular flexibility index (Phi) is 7.93. The van der Waals surface area contributed by atoms with E-state index in [0.29, 0.717) is 10.8 Å². The van der Waals surface area contributed by atoms with E-state index in [4.69, 9.17) is 14.2 Å². The molecule has 3 atom stereocenters. The van der Waals surface area contributed by atoms with Gasteiger partial charge in [-0.25, -0.2) is 4.79 Å². The number of carbonyl (C=O) groups is 2. The maximum Gasteiger partial charge on any atom is 0.423 e. The largest absolute Gasteiger partial charge is 0.463 e. The van der Waals surface area contributed by atoms with E-state index in [1.165, 1.54) is 24.3 Å². The Labute approximate surface area is 197 Å². The second-order valence-electron chi connectivity index (χ2n) is 7.49. The molecule has 0 unspecified atom stereocenters. The van der Waals surface area contributed by atoms with Crippen molar-refractivity contribution >= 4 is 11.9 Å². The van der Waals surface area contributed by atoms with Crippen LogP contribution in [0, 0.1) is 11.8 Å². The predicted octanol–water partition coefficient (Wildman–Crippen LogP) is 1.98. The molecule has 35 heavy (non-hydrogen) atoms. The first kappa shape index (κ1) is 25.9. The average molecular weight is 494 g/mol. The molecule has 0 N–H and O–H groups in total. The van der Waals surface area contributed by atoms with Crippen molar-refractivity contribution in [3.05, 3.63) is 68.5 Å². The number of halogens is 3. The van der Waals surface area contributed by atoms with Gasteiger partial charge >= 0.3 is 17.8 Å². The van der Waals surface area contributed by atoms with Crippen molar-refractivity contribution < 1.29 is 37.0 Å². The van der Waals surface area contributed by atoms with E-state index in [1.54, 1.807) is 13.0 Å². The van der Waals surface area contributed by atoms with E-state index in [2.05, 4.69) is 11.8 Å². The number of aromatic nitrogens is 2. The van der Waals surface area contributed by atoms with Gasteiger partial charge in [-0.2, -0.15) is 17.7 Å². The molecular weight excluding hydrogens is 473 g/mol. The second kappa shape index (κ2) is 10.7. The summed E-state index contributed by atoms with van der Waals surface area (Å²) in [5.41, 5.74) is -4.99. The maximum atomic E-state index is 13.7. The van der Waals surface area contributed by atoms with Crippen LogP contribution >= 0.6 is 0 Å². The van der Waals surface area contributed by atoms with Gasteiger partial charge in [-0.1, -0.05) is 24.1 Å². The molecule has 0 amide bonds. The molecule has 2 aromatic rings. The Bertz CT molecular complexity index is 1270. The van der Waals surface area contributed by atoms with Gasteiger partial charge in [-0.3, -0.25) is 19.0 Å². The van der Waals surface area contributed by atoms with Gasteiger partial charge in [0.25, 0.3) is 11.5 Å². The number of esters is 1. The third-order valence-corrected chi connectivity index (χ3v) is 5.13. The Morgan fingerprint density at radius 3 is 2.49 bits per heavy atom. The topological polar surface area (TPSA) is 106 Å². The number of carbonyl (C=O) groups excluding carboxylic acids is 2. The van der Waals surface area contributed by atoms with Crippen LogP contribution in [0.25, 0.3) is 0 Å². The summed E-state index contributed by atoms with van der Waals surface area (Å²) >= 11 is 0. The van der Waals surface area contributed by atoms with Crippen LogP contribution in [-0.4, -0.2) is 46.4 Å². The van der Waals surface area contributed by atoms with Crippen LogP contribution in [0.1, 0.15) is 42.4 Å². The number of hydrogen-bond acceptors (Lipinski definition) is 7. The summed E-state index contributed by atoms with van der Waals surface area (Å²) in [7, 11) is 0. The zero-order valence-corrected chi connectivity index (χ0v) is 18.7. The minimum Gasteiger partial charge on any atom is -0.463 e. The number of ether oxygens (including phenoxy) is 3. The van der Waals surface area contributed by atoms with E-state index < -0.39 is 53.3 Å². The van der Waals surface area contributed by atoms with Crippen LogP contribution in [0.5, 0.6) is 0 Å². The van der Waals surface area contributed by atoms with Gasteiger partial charge in [0.2, 0.25) is 0 Å². The number of nitrogens with zero attached hydrogens (tertiary/aromatic N) is 2. The van der Waals surface area contributed by atoms with E-state index >= 15 is 0 Å². The zero-order valence-electron chi connectivity index (χ0n) is 18.7. The third-order valence-electron chi connectivity index (χ3n) is 5.13. The summed E-state index contributed by atoms with van der Waals surface area (Å²) < 4.78 is 57.7. The fourth-order valence-corrected chi connectivity index (χ4v) is 3.48. The standard InChI is InChI=1S/C23H21F3N2O7/c1-3-4-10-33-17-11-19(35-18(17)13-34-14(2)29)27-12-16(23(24,25)26)21(31)28(22(27)32)20(30)15-8-6-5-7-9-15/h5-9,12,17-19H,10-11,13H2,1-2H3/t17-,18+,19+/m0/s1. The summed E-state index contributed by atoms with van der Waals surface area (Å²) in [6.45, 7) is 2.41. The van der Waals surface area contributed by atoms with Gasteiger partial charge in [0.05, 0.1) is 6.10 Å². The van der Waals surface area contributed by atoms with E-state index in [-0.39, 0.29) is 29.8 Å². The first-order valence-electron chi connectivity index (χ1n) is 10.4. The normalized spacial score (nSPS) is 19.6. The molecule has 3 rings (SSSR count). The van der Waals surface area contributed by atoms with E-state index in [9.17, 15) is 32.3 Å². The fourth-order valence-electron chi connectivity index (χ4n) is 3.48. The lowest BCUT2D eigenvalue weighted by Crippen LogP contribution is -2.47. The van der Waals surface area contributed by atoms with Crippen molar-refractivity contribution in [3.63, 3.8) is 0 Å². The van der Waals surface area contributed by atoms with Gasteiger partial charge in [0.15, 0.2) is 0 Å². The molecule has 1 aliphatic rings. The quantitative estimate of drug-likeness (QED) is 0.447. The number of rotatable bonds is 6. The molecule has 0 aliphatic carbocycles. The highest BCUT2D eigenvalue weighted by Gasteiger charge is 2.42. The molecule has 9 nitrogen and oxygen atoms in total. The highest BCUT2D eigenvalue weighted by atomic mass is 19.4. The average Bonchev–Trinajstić information content (AvgIpc) is 3.20. The third kappa shape index (κ3) is 5.87. The van der Waals surface area contributed by atoms with Crippen molar-refractivity contribution in [2.45, 2.75) is 44.9 Å².